The Morgan fingerprint density at radius 2 is 1.13 bits per heavy atom. The Labute approximate surface area is 216 Å². The number of halogens is 2. The molecule has 0 fully saturated rings. The summed E-state index contributed by atoms with van der Waals surface area (Å²) in [6.45, 7) is 8.49. The van der Waals surface area contributed by atoms with Gasteiger partial charge in [0.05, 0.1) is 50.8 Å². The summed E-state index contributed by atoms with van der Waals surface area (Å²) in [4.78, 5) is 9.26. The van der Waals surface area contributed by atoms with Crippen LogP contribution in [0.3, 0.4) is 0 Å². The van der Waals surface area contributed by atoms with Gasteiger partial charge in [-0.05, 0) is 27.7 Å². The molecule has 0 saturated heterocycles. The molecule has 0 saturated carbocycles. The van der Waals surface area contributed by atoms with Crippen molar-refractivity contribution in [2.75, 3.05) is 13.1 Å². The molecule has 2 rings (SSSR count). The first-order valence-corrected chi connectivity index (χ1v) is 9.64. The number of aryl methyl sites for hydroxylation is 2. The molecule has 2 heterocycles. The van der Waals surface area contributed by atoms with Crippen LogP contribution in [0.15, 0.2) is 47.4 Å². The average Bonchev–Trinajstić information content (AvgIpc) is 3.20. The van der Waals surface area contributed by atoms with E-state index < -0.39 is 12.2 Å². The molecule has 11 heteroatoms. The number of aliphatic hydroxyl groups excluding tert-OH is 2. The summed E-state index contributed by atoms with van der Waals surface area (Å²) in [5.41, 5.74) is 1.73. The van der Waals surface area contributed by atoms with Crippen LogP contribution in [-0.2, 0) is 30.6 Å². The van der Waals surface area contributed by atoms with E-state index in [0.29, 0.717) is 13.1 Å². The summed E-state index contributed by atoms with van der Waals surface area (Å²) < 4.78 is 7.81. The zero-order chi connectivity index (χ0) is 20.8. The first-order valence-electron chi connectivity index (χ1n) is 9.64. The van der Waals surface area contributed by atoms with Crippen molar-refractivity contribution < 1.29 is 69.8 Å². The first-order chi connectivity index (χ1) is 13.2. The average molecular weight is 609 g/mol. The number of aromatic nitrogens is 4. The van der Waals surface area contributed by atoms with Crippen molar-refractivity contribution in [1.29, 1.82) is 0 Å². The minimum Gasteiger partial charge on any atom is -1.00 e. The normalized spacial score (nSPS) is 15.7. The van der Waals surface area contributed by atoms with Crippen molar-refractivity contribution in [3.05, 3.63) is 37.4 Å². The standard InChI is InChI=1S/C20H34N6O2.2BrH.Ni/c1-15(19(17(3)27)25-11-9-23(5)13-25)21-7-8-22-16(2)20(18(4)28)26-12-10-24(6)14-26;;;/h9-14,17-20,27-28H,7-8H2,1-6H3;2*1H;/q+2;;;/p-2. The maximum Gasteiger partial charge on any atom is 0.244 e. The van der Waals surface area contributed by atoms with E-state index in [4.69, 9.17) is 0 Å². The molecule has 2 N–H and O–H groups in total. The second-order valence-corrected chi connectivity index (χ2v) is 7.47. The molecule has 0 aliphatic rings. The summed E-state index contributed by atoms with van der Waals surface area (Å²) in [7, 11) is 3.89. The van der Waals surface area contributed by atoms with E-state index >= 15 is 0 Å². The molecular formula is C20H34Br2N6NiO2. The molecule has 0 bridgehead atoms. The topological polar surface area (TPSA) is 82.8 Å². The van der Waals surface area contributed by atoms with Crippen LogP contribution in [0.1, 0.15) is 39.8 Å². The van der Waals surface area contributed by atoms with Crippen LogP contribution < -0.4 is 43.1 Å². The molecule has 2 aromatic rings. The molecule has 2 aromatic heterocycles. The Hall–Kier alpha value is -0.866. The second kappa shape index (κ2) is 15.1. The number of imidazole rings is 2. The van der Waals surface area contributed by atoms with Gasteiger partial charge in [-0.25, -0.2) is 18.3 Å². The fraction of sp³-hybridized carbons (Fsp3) is 0.600. The molecule has 0 aliphatic carbocycles. The van der Waals surface area contributed by atoms with E-state index in [1.54, 1.807) is 13.8 Å². The number of hydrogen-bond acceptors (Lipinski definition) is 4. The summed E-state index contributed by atoms with van der Waals surface area (Å²) in [5.74, 6) is 0. The van der Waals surface area contributed by atoms with Gasteiger partial charge in [-0.2, -0.15) is 0 Å². The number of nitrogens with zero attached hydrogens (tertiary/aromatic N) is 6. The van der Waals surface area contributed by atoms with Gasteiger partial charge in [-0.15, -0.1) is 0 Å². The van der Waals surface area contributed by atoms with E-state index in [9.17, 15) is 10.2 Å². The van der Waals surface area contributed by atoms with Gasteiger partial charge in [0.2, 0.25) is 12.7 Å². The van der Waals surface area contributed by atoms with Crippen molar-refractivity contribution in [2.45, 2.75) is 52.0 Å². The minimum atomic E-state index is -0.546. The van der Waals surface area contributed by atoms with Crippen LogP contribution in [0.4, 0.5) is 0 Å². The molecule has 0 spiro atoms. The maximum atomic E-state index is 10.2. The first kappa shape index (κ1) is 32.3. The van der Waals surface area contributed by atoms with E-state index in [0.717, 1.165) is 11.4 Å². The van der Waals surface area contributed by atoms with Gasteiger partial charge in [0.1, 0.15) is 24.8 Å². The van der Waals surface area contributed by atoms with Crippen LogP contribution >= 0.6 is 0 Å². The minimum absolute atomic E-state index is 0. The number of aliphatic imine (C=N–C) groups is 2. The fourth-order valence-corrected chi connectivity index (χ4v) is 3.54. The predicted molar refractivity (Wildman–Crippen MR) is 109 cm³/mol. The van der Waals surface area contributed by atoms with Gasteiger partial charge in [0, 0.05) is 16.5 Å². The largest absolute Gasteiger partial charge is 1.00 e. The molecule has 0 radical (unpaired) electrons. The number of hydrogen-bond donors (Lipinski definition) is 2. The molecular weight excluding hydrogens is 575 g/mol. The third kappa shape index (κ3) is 9.26. The third-order valence-electron chi connectivity index (χ3n) is 4.81. The Bertz CT molecular complexity index is 767. The van der Waals surface area contributed by atoms with Crippen LogP contribution in [0, 0.1) is 0 Å². The van der Waals surface area contributed by atoms with Gasteiger partial charge in [-0.3, -0.25) is 9.98 Å². The quantitative estimate of drug-likeness (QED) is 0.129. The van der Waals surface area contributed by atoms with Gasteiger partial charge >= 0.3 is 0 Å². The predicted octanol–water partition coefficient (Wildman–Crippen LogP) is -5.59. The van der Waals surface area contributed by atoms with E-state index in [1.807, 2.05) is 83.7 Å². The molecule has 0 amide bonds. The van der Waals surface area contributed by atoms with E-state index in [-0.39, 0.29) is 62.5 Å². The molecule has 180 valence electrons. The van der Waals surface area contributed by atoms with Crippen LogP contribution in [0.5, 0.6) is 0 Å². The maximum absolute atomic E-state index is 10.2. The zero-order valence-corrected chi connectivity index (χ0v) is 23.0. The summed E-state index contributed by atoms with van der Waals surface area (Å²) >= 11 is 0. The summed E-state index contributed by atoms with van der Waals surface area (Å²) in [6, 6.07) is -0.396. The Balaban J connectivity index is 0. The summed E-state index contributed by atoms with van der Waals surface area (Å²) in [5, 5.41) is 20.4. The van der Waals surface area contributed by atoms with Crippen LogP contribution in [-0.4, -0.2) is 56.1 Å². The van der Waals surface area contributed by atoms with Crippen molar-refractivity contribution in [2.24, 2.45) is 24.1 Å². The molecule has 8 nitrogen and oxygen atoms in total. The smallest absolute Gasteiger partial charge is 0.244 e. The van der Waals surface area contributed by atoms with Crippen LogP contribution in [0.25, 0.3) is 0 Å². The van der Waals surface area contributed by atoms with Crippen LogP contribution in [0.2, 0.25) is 0 Å². The van der Waals surface area contributed by atoms with Crippen molar-refractivity contribution in [1.82, 2.24) is 9.13 Å². The Kier molecular flexibility index (Phi) is 15.7. The SMILES string of the molecule is CC(=NCCN=C(C)C(C(C)O)n1cc[n+](C)c1)C(C(C)O)n1cc[n+](C)c1.[Br-].[Br-].[Ni]. The van der Waals surface area contributed by atoms with Gasteiger partial charge in [0.15, 0.2) is 12.1 Å². The van der Waals surface area contributed by atoms with Crippen molar-refractivity contribution in [3.63, 3.8) is 0 Å². The Morgan fingerprint density at radius 3 is 1.35 bits per heavy atom. The van der Waals surface area contributed by atoms with Gasteiger partial charge in [-0.1, -0.05) is 0 Å². The molecule has 0 aliphatic heterocycles. The van der Waals surface area contributed by atoms with Gasteiger partial charge < -0.3 is 44.2 Å². The van der Waals surface area contributed by atoms with Gasteiger partial charge in [0.25, 0.3) is 0 Å². The molecule has 0 aromatic carbocycles. The van der Waals surface area contributed by atoms with Crippen molar-refractivity contribution in [3.8, 4) is 0 Å². The number of aliphatic hydroxyl groups is 2. The summed E-state index contributed by atoms with van der Waals surface area (Å²) in [6.07, 6.45) is 10.5. The van der Waals surface area contributed by atoms with Crippen molar-refractivity contribution >= 4 is 11.4 Å². The third-order valence-corrected chi connectivity index (χ3v) is 4.81. The van der Waals surface area contributed by atoms with E-state index in [2.05, 4.69) is 9.98 Å². The monoisotopic (exact) mass is 606 g/mol. The zero-order valence-electron chi connectivity index (χ0n) is 18.8. The molecule has 31 heavy (non-hydrogen) atoms. The van der Waals surface area contributed by atoms with E-state index in [1.165, 1.54) is 0 Å². The molecule has 4 unspecified atom stereocenters. The Morgan fingerprint density at radius 1 is 0.806 bits per heavy atom. The fourth-order valence-electron chi connectivity index (χ4n) is 3.54. The number of rotatable bonds is 9. The molecule has 4 atom stereocenters. The second-order valence-electron chi connectivity index (χ2n) is 7.47.